The van der Waals surface area contributed by atoms with Crippen molar-refractivity contribution in [2.24, 2.45) is 0 Å². The highest BCUT2D eigenvalue weighted by molar-refractivity contribution is 7.23. The normalized spacial score (nSPS) is 10.7. The summed E-state index contributed by atoms with van der Waals surface area (Å²) in [6, 6.07) is 11.2. The van der Waals surface area contributed by atoms with E-state index >= 15 is 0 Å². The Balaban J connectivity index is 1.82. The van der Waals surface area contributed by atoms with Crippen LogP contribution in [0, 0.1) is 0 Å². The number of carboxylic acid groups (broad SMARTS) is 1. The summed E-state index contributed by atoms with van der Waals surface area (Å²) in [6.07, 6.45) is -0.0389. The number of thiophene rings is 3. The van der Waals surface area contributed by atoms with Crippen molar-refractivity contribution in [1.29, 1.82) is 0 Å². The Morgan fingerprint density at radius 2 is 1.71 bits per heavy atom. The predicted molar refractivity (Wildman–Crippen MR) is 86.7 cm³/mol. The van der Waals surface area contributed by atoms with E-state index in [2.05, 4.69) is 0 Å². The Labute approximate surface area is 133 Å². The molecule has 3 aromatic rings. The van der Waals surface area contributed by atoms with Crippen LogP contribution in [-0.2, 0) is 11.2 Å². The van der Waals surface area contributed by atoms with E-state index in [1.807, 2.05) is 29.6 Å². The molecule has 3 rings (SSSR count). The molecular formula is C15H10O3S3. The highest BCUT2D eigenvalue weighted by Gasteiger charge is 2.16. The van der Waals surface area contributed by atoms with Gasteiger partial charge < -0.3 is 5.11 Å². The van der Waals surface area contributed by atoms with Crippen LogP contribution in [0.2, 0.25) is 0 Å². The molecule has 0 aliphatic heterocycles. The van der Waals surface area contributed by atoms with Crippen LogP contribution in [-0.4, -0.2) is 16.9 Å². The third-order valence-electron chi connectivity index (χ3n) is 2.80. The summed E-state index contributed by atoms with van der Waals surface area (Å²) >= 11 is 4.36. The highest BCUT2D eigenvalue weighted by Crippen LogP contribution is 2.33. The lowest BCUT2D eigenvalue weighted by molar-refractivity contribution is -0.136. The van der Waals surface area contributed by atoms with Crippen molar-refractivity contribution >= 4 is 45.8 Å². The molecule has 1 N–H and O–H groups in total. The molecule has 3 nitrogen and oxygen atoms in total. The van der Waals surface area contributed by atoms with Crippen molar-refractivity contribution in [2.75, 3.05) is 0 Å². The van der Waals surface area contributed by atoms with Gasteiger partial charge in [-0.1, -0.05) is 6.07 Å². The molecule has 0 aliphatic carbocycles. The molecule has 0 saturated heterocycles. The van der Waals surface area contributed by atoms with E-state index in [4.69, 9.17) is 5.11 Å². The van der Waals surface area contributed by atoms with Gasteiger partial charge >= 0.3 is 5.97 Å². The second-order valence-corrected chi connectivity index (χ2v) is 7.51. The van der Waals surface area contributed by atoms with Gasteiger partial charge in [0.25, 0.3) is 0 Å². The quantitative estimate of drug-likeness (QED) is 0.704. The number of carboxylic acids is 1. The van der Waals surface area contributed by atoms with Gasteiger partial charge in [-0.15, -0.1) is 34.0 Å². The minimum atomic E-state index is -0.882. The van der Waals surface area contributed by atoms with Gasteiger partial charge in [-0.25, -0.2) is 0 Å². The maximum atomic E-state index is 12.4. The van der Waals surface area contributed by atoms with Crippen molar-refractivity contribution in [3.63, 3.8) is 0 Å². The fourth-order valence-corrected chi connectivity index (χ4v) is 4.69. The molecular weight excluding hydrogens is 324 g/mol. The fourth-order valence-electron chi connectivity index (χ4n) is 1.88. The lowest BCUT2D eigenvalue weighted by Gasteiger charge is -1.93. The van der Waals surface area contributed by atoms with E-state index in [0.717, 1.165) is 9.75 Å². The summed E-state index contributed by atoms with van der Waals surface area (Å²) < 4.78 is 0. The van der Waals surface area contributed by atoms with Gasteiger partial charge in [-0.3, -0.25) is 9.59 Å². The van der Waals surface area contributed by atoms with Gasteiger partial charge in [0.2, 0.25) is 5.78 Å². The molecule has 0 unspecified atom stereocenters. The molecule has 0 saturated carbocycles. The van der Waals surface area contributed by atoms with Crippen molar-refractivity contribution in [3.05, 3.63) is 56.4 Å². The lowest BCUT2D eigenvalue weighted by atomic mass is 10.2. The van der Waals surface area contributed by atoms with Crippen LogP contribution in [0.25, 0.3) is 9.75 Å². The van der Waals surface area contributed by atoms with Gasteiger partial charge in [-0.2, -0.15) is 0 Å². The van der Waals surface area contributed by atoms with Gasteiger partial charge in [-0.05, 0) is 35.7 Å². The smallest absolute Gasteiger partial charge is 0.308 e. The molecule has 0 spiro atoms. The van der Waals surface area contributed by atoms with Crippen LogP contribution in [0.3, 0.4) is 0 Å². The molecule has 0 atom stereocenters. The van der Waals surface area contributed by atoms with Crippen molar-refractivity contribution in [3.8, 4) is 9.75 Å². The molecule has 0 fully saturated rings. The Kier molecular flexibility index (Phi) is 4.01. The number of hydrogen-bond acceptors (Lipinski definition) is 5. The topological polar surface area (TPSA) is 54.4 Å². The monoisotopic (exact) mass is 334 g/mol. The average molecular weight is 334 g/mol. The molecule has 0 amide bonds. The summed E-state index contributed by atoms with van der Waals surface area (Å²) in [5, 5.41) is 10.8. The third-order valence-corrected chi connectivity index (χ3v) is 6.04. The van der Waals surface area contributed by atoms with Gasteiger partial charge in [0.15, 0.2) is 0 Å². The minimum Gasteiger partial charge on any atom is -0.481 e. The lowest BCUT2D eigenvalue weighted by Crippen LogP contribution is -1.97. The highest BCUT2D eigenvalue weighted by atomic mass is 32.1. The Hall–Kier alpha value is -1.76. The number of aliphatic carboxylic acids is 1. The summed E-state index contributed by atoms with van der Waals surface area (Å²) in [5.74, 6) is -0.920. The molecule has 3 aromatic heterocycles. The summed E-state index contributed by atoms with van der Waals surface area (Å²) in [5.41, 5.74) is 0. The molecule has 0 aromatic carbocycles. The Morgan fingerprint density at radius 1 is 0.952 bits per heavy atom. The number of ketones is 1. The van der Waals surface area contributed by atoms with E-state index in [1.165, 1.54) is 22.7 Å². The molecule has 3 heterocycles. The van der Waals surface area contributed by atoms with Crippen LogP contribution in [0.5, 0.6) is 0 Å². The summed E-state index contributed by atoms with van der Waals surface area (Å²) in [7, 11) is 0. The maximum Gasteiger partial charge on any atom is 0.308 e. The minimum absolute atomic E-state index is 0.0376. The third kappa shape index (κ3) is 3.12. The van der Waals surface area contributed by atoms with Crippen LogP contribution in [0.15, 0.2) is 41.8 Å². The van der Waals surface area contributed by atoms with E-state index in [-0.39, 0.29) is 12.2 Å². The first-order chi connectivity index (χ1) is 10.1. The van der Waals surface area contributed by atoms with Crippen molar-refractivity contribution < 1.29 is 14.7 Å². The summed E-state index contributed by atoms with van der Waals surface area (Å²) in [4.78, 5) is 27.3. The number of rotatable bonds is 5. The first-order valence-corrected chi connectivity index (χ1v) is 8.63. The molecule has 6 heteroatoms. The van der Waals surface area contributed by atoms with Crippen molar-refractivity contribution in [2.45, 2.75) is 6.42 Å². The largest absolute Gasteiger partial charge is 0.481 e. The molecule has 21 heavy (non-hydrogen) atoms. The standard InChI is InChI=1S/C15H10O3S3/c16-14(17)8-9-3-4-12(20-9)15(18)13-6-5-11(21-13)10-2-1-7-19-10/h1-7H,8H2,(H,16,17). The van der Waals surface area contributed by atoms with Gasteiger partial charge in [0.1, 0.15) is 0 Å². The molecule has 0 bridgehead atoms. The van der Waals surface area contributed by atoms with E-state index < -0.39 is 5.97 Å². The first kappa shape index (κ1) is 14.2. The zero-order chi connectivity index (χ0) is 14.8. The van der Waals surface area contributed by atoms with E-state index in [0.29, 0.717) is 14.6 Å². The second-order valence-electron chi connectivity index (χ2n) is 4.31. The first-order valence-electron chi connectivity index (χ1n) is 6.12. The summed E-state index contributed by atoms with van der Waals surface area (Å²) in [6.45, 7) is 0. The molecule has 0 aliphatic rings. The van der Waals surface area contributed by atoms with Crippen LogP contribution >= 0.6 is 34.0 Å². The zero-order valence-electron chi connectivity index (χ0n) is 10.7. The van der Waals surface area contributed by atoms with Crippen LogP contribution < -0.4 is 0 Å². The van der Waals surface area contributed by atoms with Gasteiger partial charge in [0.05, 0.1) is 16.2 Å². The maximum absolute atomic E-state index is 12.4. The van der Waals surface area contributed by atoms with E-state index in [9.17, 15) is 9.59 Å². The second kappa shape index (κ2) is 5.93. The molecule has 106 valence electrons. The SMILES string of the molecule is O=C(O)Cc1ccc(C(=O)c2ccc(-c3cccs3)s2)s1. The van der Waals surface area contributed by atoms with Crippen molar-refractivity contribution in [1.82, 2.24) is 0 Å². The van der Waals surface area contributed by atoms with Gasteiger partial charge in [0, 0.05) is 14.6 Å². The fraction of sp³-hybridized carbons (Fsp3) is 0.0667. The van der Waals surface area contributed by atoms with Crippen LogP contribution in [0.4, 0.5) is 0 Å². The Bertz CT molecular complexity index is 781. The molecule has 0 radical (unpaired) electrons. The predicted octanol–water partition coefficient (Wildman–Crippen LogP) is 4.40. The number of carbonyl (C=O) groups is 2. The number of hydrogen-bond donors (Lipinski definition) is 1. The van der Waals surface area contributed by atoms with E-state index in [1.54, 1.807) is 23.5 Å². The zero-order valence-corrected chi connectivity index (χ0v) is 13.2. The Morgan fingerprint density at radius 3 is 2.43 bits per heavy atom. The number of carbonyl (C=O) groups excluding carboxylic acids is 1. The average Bonchev–Trinajstić information content (AvgIpc) is 3.18. The van der Waals surface area contributed by atoms with Crippen LogP contribution in [0.1, 0.15) is 19.4 Å².